The minimum Gasteiger partial charge on any atom is -0.251 e. The topological polar surface area (TPSA) is 65.1 Å². The summed E-state index contributed by atoms with van der Waals surface area (Å²) in [6.07, 6.45) is -1.79. The minimum atomic E-state index is -4.53. The van der Waals surface area contributed by atoms with Gasteiger partial charge in [0.05, 0.1) is 12.7 Å². The van der Waals surface area contributed by atoms with Gasteiger partial charge in [-0.05, 0) is 36.6 Å². The number of alkyl halides is 3. The molecule has 0 unspecified atom stereocenters. The zero-order valence-corrected chi connectivity index (χ0v) is 18.9. The van der Waals surface area contributed by atoms with Crippen LogP contribution in [0.4, 0.5) is 13.2 Å². The van der Waals surface area contributed by atoms with E-state index in [0.29, 0.717) is 11.2 Å². The number of aromatic nitrogens is 5. The Morgan fingerprint density at radius 1 is 0.886 bits per heavy atom. The molecule has 0 spiro atoms. The summed E-state index contributed by atoms with van der Waals surface area (Å²) in [7, 11) is 0. The van der Waals surface area contributed by atoms with Crippen LogP contribution in [-0.4, -0.2) is 24.4 Å². The van der Waals surface area contributed by atoms with Gasteiger partial charge in [-0.2, -0.15) is 22.8 Å². The van der Waals surface area contributed by atoms with Crippen LogP contribution in [0.3, 0.4) is 0 Å². The highest BCUT2D eigenvalue weighted by molar-refractivity contribution is 5.91. The summed E-state index contributed by atoms with van der Waals surface area (Å²) >= 11 is 0. The normalized spacial score (nSPS) is 11.8. The molecule has 0 aliphatic rings. The fourth-order valence-corrected chi connectivity index (χ4v) is 3.96. The van der Waals surface area contributed by atoms with E-state index in [0.717, 1.165) is 45.6 Å². The number of pyridine rings is 1. The Hall–Kier alpha value is -4.27. The second kappa shape index (κ2) is 8.50. The van der Waals surface area contributed by atoms with E-state index in [9.17, 15) is 18.0 Å². The number of hydrogen-bond acceptors (Lipinski definition) is 4. The number of halogens is 3. The molecule has 0 N–H and O–H groups in total. The lowest BCUT2D eigenvalue weighted by Crippen LogP contribution is -2.23. The monoisotopic (exact) mass is 475 g/mol. The molecule has 0 bridgehead atoms. The highest BCUT2D eigenvalue weighted by Gasteiger charge is 2.32. The van der Waals surface area contributed by atoms with E-state index >= 15 is 0 Å². The average molecular weight is 475 g/mol. The predicted octanol–water partition coefficient (Wildman–Crippen LogP) is 5.30. The molecule has 0 saturated carbocycles. The summed E-state index contributed by atoms with van der Waals surface area (Å²) in [5, 5.41) is 8.90. The van der Waals surface area contributed by atoms with Gasteiger partial charge < -0.3 is 0 Å². The number of benzene rings is 2. The van der Waals surface area contributed by atoms with E-state index in [1.54, 1.807) is 6.20 Å². The van der Waals surface area contributed by atoms with Crippen LogP contribution < -0.4 is 5.69 Å². The minimum absolute atomic E-state index is 0.0412. The van der Waals surface area contributed by atoms with Gasteiger partial charge >= 0.3 is 11.9 Å². The standard InChI is InChI=1S/C26H20F3N5O/c1-16-6-9-19(10-7-16)21-14-31-34-24(23(21)20-5-3-4-17(2)12-20)32-33(25(34)35)15-18-8-11-22(30-13-18)26(27,28)29/h3-14H,15H2,1-2H3. The van der Waals surface area contributed by atoms with Crippen LogP contribution in [0, 0.1) is 13.8 Å². The molecule has 0 amide bonds. The maximum absolute atomic E-state index is 13.1. The Kier molecular flexibility index (Phi) is 5.47. The second-order valence-corrected chi connectivity index (χ2v) is 8.39. The molecule has 5 aromatic rings. The summed E-state index contributed by atoms with van der Waals surface area (Å²) in [5.74, 6) is 0. The molecule has 6 nitrogen and oxygen atoms in total. The van der Waals surface area contributed by atoms with Crippen molar-refractivity contribution in [2.45, 2.75) is 26.6 Å². The number of aryl methyl sites for hydroxylation is 2. The van der Waals surface area contributed by atoms with Crippen LogP contribution in [-0.2, 0) is 12.7 Å². The molecular formula is C26H20F3N5O. The molecule has 9 heteroatoms. The molecule has 3 aromatic heterocycles. The largest absolute Gasteiger partial charge is 0.433 e. The van der Waals surface area contributed by atoms with E-state index in [-0.39, 0.29) is 6.54 Å². The van der Waals surface area contributed by atoms with Crippen LogP contribution >= 0.6 is 0 Å². The smallest absolute Gasteiger partial charge is 0.251 e. The summed E-state index contributed by atoms with van der Waals surface area (Å²) in [4.78, 5) is 16.6. The third-order valence-corrected chi connectivity index (χ3v) is 5.73. The Morgan fingerprint density at radius 3 is 2.31 bits per heavy atom. The van der Waals surface area contributed by atoms with Crippen molar-refractivity contribution in [1.29, 1.82) is 0 Å². The number of nitrogens with zero attached hydrogens (tertiary/aromatic N) is 5. The Labute approximate surface area is 198 Å². The van der Waals surface area contributed by atoms with E-state index in [4.69, 9.17) is 0 Å². The Bertz CT molecular complexity index is 1580. The fourth-order valence-electron chi connectivity index (χ4n) is 3.96. The lowest BCUT2D eigenvalue weighted by molar-refractivity contribution is -0.141. The molecule has 0 atom stereocenters. The maximum atomic E-state index is 13.1. The highest BCUT2D eigenvalue weighted by Crippen LogP contribution is 2.34. The number of rotatable bonds is 4. The van der Waals surface area contributed by atoms with Crippen molar-refractivity contribution >= 4 is 5.65 Å². The van der Waals surface area contributed by atoms with Crippen LogP contribution in [0.5, 0.6) is 0 Å². The SMILES string of the molecule is Cc1ccc(-c2cnn3c(=O)n(Cc4ccc(C(F)(F)F)nc4)nc3c2-c2cccc(C)c2)cc1. The highest BCUT2D eigenvalue weighted by atomic mass is 19.4. The lowest BCUT2D eigenvalue weighted by atomic mass is 9.95. The first-order chi connectivity index (χ1) is 16.7. The summed E-state index contributed by atoms with van der Waals surface area (Å²) in [5.41, 5.74) is 4.81. The van der Waals surface area contributed by atoms with Gasteiger partial charge in [0.15, 0.2) is 5.65 Å². The molecule has 0 radical (unpaired) electrons. The molecule has 2 aromatic carbocycles. The molecule has 0 aliphatic heterocycles. The van der Waals surface area contributed by atoms with Crippen molar-refractivity contribution in [1.82, 2.24) is 24.4 Å². The van der Waals surface area contributed by atoms with Gasteiger partial charge in [-0.1, -0.05) is 65.7 Å². The molecule has 0 saturated heterocycles. The van der Waals surface area contributed by atoms with Crippen LogP contribution in [0.25, 0.3) is 27.9 Å². The molecule has 35 heavy (non-hydrogen) atoms. The fraction of sp³-hybridized carbons (Fsp3) is 0.154. The van der Waals surface area contributed by atoms with Gasteiger partial charge in [-0.15, -0.1) is 5.10 Å². The first-order valence-corrected chi connectivity index (χ1v) is 10.9. The quantitative estimate of drug-likeness (QED) is 0.354. The van der Waals surface area contributed by atoms with Gasteiger partial charge in [-0.3, -0.25) is 4.98 Å². The number of hydrogen-bond donors (Lipinski definition) is 0. The lowest BCUT2D eigenvalue weighted by Gasteiger charge is -2.11. The molecule has 5 rings (SSSR count). The molecule has 0 aliphatic carbocycles. The number of fused-ring (bicyclic) bond motifs is 1. The van der Waals surface area contributed by atoms with E-state index in [1.165, 1.54) is 15.3 Å². The predicted molar refractivity (Wildman–Crippen MR) is 126 cm³/mol. The average Bonchev–Trinajstić information content (AvgIpc) is 3.14. The van der Waals surface area contributed by atoms with Crippen molar-refractivity contribution in [3.63, 3.8) is 0 Å². The van der Waals surface area contributed by atoms with Crippen molar-refractivity contribution < 1.29 is 13.2 Å². The van der Waals surface area contributed by atoms with Crippen LogP contribution in [0.1, 0.15) is 22.4 Å². The first-order valence-electron chi connectivity index (χ1n) is 10.9. The van der Waals surface area contributed by atoms with Crippen molar-refractivity contribution in [2.24, 2.45) is 0 Å². The van der Waals surface area contributed by atoms with Crippen LogP contribution in [0.15, 0.2) is 77.9 Å². The summed E-state index contributed by atoms with van der Waals surface area (Å²) < 4.78 is 40.9. The van der Waals surface area contributed by atoms with E-state index in [2.05, 4.69) is 15.2 Å². The van der Waals surface area contributed by atoms with Gasteiger partial charge in [0.1, 0.15) is 5.69 Å². The molecule has 0 fully saturated rings. The van der Waals surface area contributed by atoms with Crippen LogP contribution in [0.2, 0.25) is 0 Å². The first kappa shape index (κ1) is 22.5. The molecule has 176 valence electrons. The summed E-state index contributed by atoms with van der Waals surface area (Å²) in [6.45, 7) is 3.94. The van der Waals surface area contributed by atoms with Crippen molar-refractivity contribution in [3.8, 4) is 22.3 Å². The van der Waals surface area contributed by atoms with Gasteiger partial charge in [-0.25, -0.2) is 9.48 Å². The van der Waals surface area contributed by atoms with Crippen molar-refractivity contribution in [2.75, 3.05) is 0 Å². The van der Waals surface area contributed by atoms with Gasteiger partial charge in [0.2, 0.25) is 0 Å². The zero-order chi connectivity index (χ0) is 24.7. The van der Waals surface area contributed by atoms with Gasteiger partial charge in [0.25, 0.3) is 0 Å². The second-order valence-electron chi connectivity index (χ2n) is 8.39. The van der Waals surface area contributed by atoms with E-state index in [1.807, 2.05) is 62.4 Å². The molecule has 3 heterocycles. The molecular weight excluding hydrogens is 455 g/mol. The third-order valence-electron chi connectivity index (χ3n) is 5.73. The van der Waals surface area contributed by atoms with Gasteiger partial charge in [0, 0.05) is 17.3 Å². The zero-order valence-electron chi connectivity index (χ0n) is 18.9. The Balaban J connectivity index is 1.67. The Morgan fingerprint density at radius 2 is 1.66 bits per heavy atom. The third kappa shape index (κ3) is 4.32. The van der Waals surface area contributed by atoms with E-state index < -0.39 is 17.6 Å². The van der Waals surface area contributed by atoms with Crippen molar-refractivity contribution in [3.05, 3.63) is 106 Å². The maximum Gasteiger partial charge on any atom is 0.433 e. The summed E-state index contributed by atoms with van der Waals surface area (Å²) in [6, 6.07) is 18.0.